The van der Waals surface area contributed by atoms with Gasteiger partial charge in [0.05, 0.1) is 0 Å². The van der Waals surface area contributed by atoms with E-state index in [2.05, 4.69) is 67.3 Å². The van der Waals surface area contributed by atoms with Crippen LogP contribution >= 0.6 is 15.4 Å². The van der Waals surface area contributed by atoms with E-state index in [1.165, 1.54) is 10.6 Å². The van der Waals surface area contributed by atoms with Crippen LogP contribution in [0.5, 0.6) is 5.75 Å². The molecule has 0 aliphatic carbocycles. The van der Waals surface area contributed by atoms with Crippen LogP contribution in [0.2, 0.25) is 0 Å². The molecule has 0 saturated carbocycles. The number of hydrogen-bond donors (Lipinski definition) is 0. The van der Waals surface area contributed by atoms with Crippen LogP contribution in [-0.2, 0) is 0 Å². The van der Waals surface area contributed by atoms with Gasteiger partial charge >= 0.3 is 0 Å². The molecule has 1 unspecified atom stereocenters. The Balaban J connectivity index is 1.92. The molecule has 0 radical (unpaired) electrons. The zero-order valence-electron chi connectivity index (χ0n) is 12.5. The lowest BCUT2D eigenvalue weighted by atomic mass is 10.3. The third-order valence-corrected chi connectivity index (χ3v) is 9.20. The summed E-state index contributed by atoms with van der Waals surface area (Å²) in [6, 6.07) is 31.5. The zero-order valence-corrected chi connectivity index (χ0v) is 14.3. The highest BCUT2D eigenvalue weighted by molar-refractivity contribution is 8.34. The second kappa shape index (κ2) is 7.54. The summed E-state index contributed by atoms with van der Waals surface area (Å²) in [6.45, 7) is 2.23. The summed E-state index contributed by atoms with van der Waals surface area (Å²) in [7, 11) is -1.10. The Morgan fingerprint density at radius 3 is 1.45 bits per heavy atom. The van der Waals surface area contributed by atoms with Gasteiger partial charge in [-0.3, -0.25) is 0 Å². The molecule has 0 heterocycles. The molecule has 0 bridgehead atoms. The minimum absolute atomic E-state index is 0.493. The van der Waals surface area contributed by atoms with E-state index in [9.17, 15) is 0 Å². The van der Waals surface area contributed by atoms with Crippen molar-refractivity contribution in [2.24, 2.45) is 0 Å². The Hall–Kier alpha value is -1.68. The predicted octanol–water partition coefficient (Wildman–Crippen LogP) is 5.14. The van der Waals surface area contributed by atoms with Gasteiger partial charge in [-0.15, -0.1) is 0 Å². The van der Waals surface area contributed by atoms with Gasteiger partial charge in [-0.1, -0.05) is 78.9 Å². The monoisotopic (exact) mass is 324 g/mol. The van der Waals surface area contributed by atoms with Crippen LogP contribution in [0, 0.1) is 0 Å². The molecule has 0 fully saturated rings. The molecule has 0 amide bonds. The SMILES string of the molecule is CP(Oc1ccccc1)P(c1ccccc1)c1ccccc1. The van der Waals surface area contributed by atoms with Crippen molar-refractivity contribution in [1.29, 1.82) is 0 Å². The van der Waals surface area contributed by atoms with Crippen molar-refractivity contribution in [2.45, 2.75) is 0 Å². The molecular weight excluding hydrogens is 306 g/mol. The van der Waals surface area contributed by atoms with E-state index in [-0.39, 0.29) is 0 Å². The van der Waals surface area contributed by atoms with E-state index in [0.717, 1.165) is 5.75 Å². The smallest absolute Gasteiger partial charge is 0.123 e. The van der Waals surface area contributed by atoms with Gasteiger partial charge in [-0.05, 0) is 29.4 Å². The maximum Gasteiger partial charge on any atom is 0.123 e. The fraction of sp³-hybridized carbons (Fsp3) is 0.0526. The maximum atomic E-state index is 6.28. The lowest BCUT2D eigenvalue weighted by Crippen LogP contribution is -2.11. The highest BCUT2D eigenvalue weighted by Gasteiger charge is 2.23. The average molecular weight is 324 g/mol. The van der Waals surface area contributed by atoms with Crippen molar-refractivity contribution < 1.29 is 4.52 Å². The maximum absolute atomic E-state index is 6.28. The molecule has 1 nitrogen and oxygen atoms in total. The molecule has 1 atom stereocenters. The van der Waals surface area contributed by atoms with Gasteiger partial charge < -0.3 is 4.52 Å². The highest BCUT2D eigenvalue weighted by atomic mass is 32.1. The van der Waals surface area contributed by atoms with Crippen molar-refractivity contribution in [1.82, 2.24) is 0 Å². The van der Waals surface area contributed by atoms with Crippen molar-refractivity contribution in [3.05, 3.63) is 91.0 Å². The minimum Gasteiger partial charge on any atom is -0.469 e. The van der Waals surface area contributed by atoms with Gasteiger partial charge in [0.1, 0.15) is 13.6 Å². The summed E-state index contributed by atoms with van der Waals surface area (Å²) in [5.74, 6) is 0.954. The number of para-hydroxylation sites is 1. The fourth-order valence-corrected chi connectivity index (χ4v) is 7.93. The van der Waals surface area contributed by atoms with Gasteiger partial charge in [0.25, 0.3) is 0 Å². The Kier molecular flexibility index (Phi) is 5.22. The van der Waals surface area contributed by atoms with E-state index in [0.29, 0.717) is 0 Å². The van der Waals surface area contributed by atoms with Crippen molar-refractivity contribution >= 4 is 26.1 Å². The summed E-state index contributed by atoms with van der Waals surface area (Å²) in [5, 5.41) is 2.74. The fourth-order valence-electron chi connectivity index (χ4n) is 2.29. The first-order valence-corrected chi connectivity index (χ1v) is 11.0. The second-order valence-electron chi connectivity index (χ2n) is 4.85. The average Bonchev–Trinajstić information content (AvgIpc) is 2.58. The molecule has 0 aliphatic heterocycles. The van der Waals surface area contributed by atoms with Crippen LogP contribution < -0.4 is 15.1 Å². The number of hydrogen-bond acceptors (Lipinski definition) is 1. The Morgan fingerprint density at radius 2 is 1.00 bits per heavy atom. The molecule has 0 N–H and O–H groups in total. The molecule has 0 aromatic heterocycles. The first kappa shape index (κ1) is 15.2. The van der Waals surface area contributed by atoms with Crippen molar-refractivity contribution in [3.8, 4) is 5.75 Å². The van der Waals surface area contributed by atoms with Crippen molar-refractivity contribution in [3.63, 3.8) is 0 Å². The largest absolute Gasteiger partial charge is 0.469 e. The molecule has 3 rings (SSSR count). The van der Waals surface area contributed by atoms with Gasteiger partial charge in [0.15, 0.2) is 0 Å². The Morgan fingerprint density at radius 1 is 0.591 bits per heavy atom. The van der Waals surface area contributed by atoms with Gasteiger partial charge in [0, 0.05) is 7.61 Å². The first-order chi connectivity index (χ1) is 10.8. The molecule has 0 aliphatic rings. The summed E-state index contributed by atoms with van der Waals surface area (Å²) in [5.41, 5.74) is 0. The zero-order chi connectivity index (χ0) is 15.2. The Bertz CT molecular complexity index is 647. The summed E-state index contributed by atoms with van der Waals surface area (Å²) in [6.07, 6.45) is 0. The molecule has 3 aromatic carbocycles. The minimum atomic E-state index is -0.608. The molecule has 22 heavy (non-hydrogen) atoms. The number of rotatable bonds is 5. The lowest BCUT2D eigenvalue weighted by Gasteiger charge is -2.25. The second-order valence-corrected chi connectivity index (χ2v) is 10.5. The van der Waals surface area contributed by atoms with E-state index < -0.39 is 15.4 Å². The topological polar surface area (TPSA) is 9.23 Å². The molecular formula is C19H18OP2. The summed E-state index contributed by atoms with van der Waals surface area (Å²) < 4.78 is 6.28. The standard InChI is InChI=1S/C19H18OP2/c1-21(20-17-11-5-2-6-12-17)22(18-13-7-3-8-14-18)19-15-9-4-10-16-19/h2-16H,1H3. The molecule has 3 aromatic rings. The van der Waals surface area contributed by atoms with Crippen LogP contribution in [0.25, 0.3) is 0 Å². The van der Waals surface area contributed by atoms with Crippen LogP contribution in [0.3, 0.4) is 0 Å². The van der Waals surface area contributed by atoms with Crippen LogP contribution in [0.15, 0.2) is 91.0 Å². The molecule has 0 spiro atoms. The van der Waals surface area contributed by atoms with Crippen LogP contribution in [0.4, 0.5) is 0 Å². The lowest BCUT2D eigenvalue weighted by molar-refractivity contribution is 0.631. The summed E-state index contributed by atoms with van der Waals surface area (Å²) >= 11 is 0. The predicted molar refractivity (Wildman–Crippen MR) is 99.0 cm³/mol. The van der Waals surface area contributed by atoms with Gasteiger partial charge in [0.2, 0.25) is 0 Å². The third-order valence-electron chi connectivity index (χ3n) is 3.26. The third kappa shape index (κ3) is 3.74. The van der Waals surface area contributed by atoms with Gasteiger partial charge in [-0.2, -0.15) is 0 Å². The van der Waals surface area contributed by atoms with Crippen LogP contribution in [-0.4, -0.2) is 6.66 Å². The molecule has 0 saturated heterocycles. The van der Waals surface area contributed by atoms with Crippen LogP contribution in [0.1, 0.15) is 0 Å². The number of benzene rings is 3. The van der Waals surface area contributed by atoms with E-state index in [1.54, 1.807) is 0 Å². The summed E-state index contributed by atoms with van der Waals surface area (Å²) in [4.78, 5) is 0. The van der Waals surface area contributed by atoms with E-state index in [1.807, 2.05) is 30.3 Å². The first-order valence-electron chi connectivity index (χ1n) is 7.21. The van der Waals surface area contributed by atoms with Gasteiger partial charge in [-0.25, -0.2) is 0 Å². The quantitative estimate of drug-likeness (QED) is 0.591. The Labute approximate surface area is 134 Å². The molecule has 110 valence electrons. The highest BCUT2D eigenvalue weighted by Crippen LogP contribution is 2.64. The van der Waals surface area contributed by atoms with E-state index in [4.69, 9.17) is 4.52 Å². The van der Waals surface area contributed by atoms with Crippen molar-refractivity contribution in [2.75, 3.05) is 6.66 Å². The normalized spacial score (nSPS) is 12.1. The van der Waals surface area contributed by atoms with E-state index >= 15 is 0 Å². The molecule has 3 heteroatoms.